The van der Waals surface area contributed by atoms with E-state index in [9.17, 15) is 0 Å². The molecular formula is C10H15N. The van der Waals surface area contributed by atoms with Crippen LogP contribution in [-0.4, -0.2) is 5.54 Å². The molecule has 0 aromatic rings. The molecule has 0 saturated heterocycles. The highest BCUT2D eigenvalue weighted by molar-refractivity contribution is 5.30. The smallest absolute Gasteiger partial charge is 0.234 e. The molecule has 60 valence electrons. The summed E-state index contributed by atoms with van der Waals surface area (Å²) in [5.41, 5.74) is 1.10. The first-order valence-electron chi connectivity index (χ1n) is 4.32. The van der Waals surface area contributed by atoms with Crippen molar-refractivity contribution in [2.24, 2.45) is 10.8 Å². The second-order valence-electron chi connectivity index (χ2n) is 5.40. The minimum absolute atomic E-state index is 0.118. The maximum atomic E-state index is 7.01. The quantitative estimate of drug-likeness (QED) is 0.466. The van der Waals surface area contributed by atoms with Crippen molar-refractivity contribution in [3.05, 3.63) is 11.4 Å². The third-order valence-electron chi connectivity index (χ3n) is 3.83. The van der Waals surface area contributed by atoms with Crippen molar-refractivity contribution in [3.8, 4) is 0 Å². The van der Waals surface area contributed by atoms with Crippen molar-refractivity contribution in [2.75, 3.05) is 0 Å². The van der Waals surface area contributed by atoms with Gasteiger partial charge >= 0.3 is 0 Å². The molecule has 2 bridgehead atoms. The second-order valence-corrected chi connectivity index (χ2v) is 5.40. The van der Waals surface area contributed by atoms with E-state index in [1.807, 2.05) is 0 Å². The molecule has 0 aromatic heterocycles. The summed E-state index contributed by atoms with van der Waals surface area (Å²) in [6.45, 7) is 13.9. The summed E-state index contributed by atoms with van der Waals surface area (Å²) in [5, 5.41) is 0. The van der Waals surface area contributed by atoms with Gasteiger partial charge in [0.05, 0.1) is 0 Å². The minimum atomic E-state index is 0.118. The molecule has 0 spiro atoms. The zero-order chi connectivity index (χ0) is 8.33. The van der Waals surface area contributed by atoms with Gasteiger partial charge in [-0.2, -0.15) is 0 Å². The van der Waals surface area contributed by atoms with Crippen LogP contribution in [0.4, 0.5) is 0 Å². The Kier molecular flexibility index (Phi) is 0.964. The molecule has 0 amide bonds. The van der Waals surface area contributed by atoms with Crippen molar-refractivity contribution < 1.29 is 0 Å². The highest BCUT2D eigenvalue weighted by atomic mass is 15.0. The topological polar surface area (TPSA) is 4.36 Å². The lowest BCUT2D eigenvalue weighted by Crippen LogP contribution is -2.69. The van der Waals surface area contributed by atoms with Gasteiger partial charge in [0.2, 0.25) is 5.54 Å². The average molecular weight is 149 g/mol. The maximum absolute atomic E-state index is 7.01. The summed E-state index contributed by atoms with van der Waals surface area (Å²) in [5.74, 6) is 0. The zero-order valence-corrected chi connectivity index (χ0v) is 7.57. The van der Waals surface area contributed by atoms with Gasteiger partial charge in [0, 0.05) is 19.3 Å². The predicted octanol–water partition coefficient (Wildman–Crippen LogP) is 2.87. The van der Waals surface area contributed by atoms with Gasteiger partial charge in [0.15, 0.2) is 0 Å². The molecule has 3 fully saturated rings. The Morgan fingerprint density at radius 3 is 1.91 bits per heavy atom. The van der Waals surface area contributed by atoms with Gasteiger partial charge < -0.3 is 4.85 Å². The van der Waals surface area contributed by atoms with E-state index in [1.165, 1.54) is 19.3 Å². The van der Waals surface area contributed by atoms with E-state index in [-0.39, 0.29) is 5.54 Å². The van der Waals surface area contributed by atoms with Crippen molar-refractivity contribution in [2.45, 2.75) is 45.6 Å². The van der Waals surface area contributed by atoms with E-state index in [0.29, 0.717) is 10.8 Å². The molecule has 3 aliphatic rings. The van der Waals surface area contributed by atoms with Gasteiger partial charge in [0.1, 0.15) is 0 Å². The summed E-state index contributed by atoms with van der Waals surface area (Å²) < 4.78 is 0. The van der Waals surface area contributed by atoms with Gasteiger partial charge in [0.25, 0.3) is 0 Å². The summed E-state index contributed by atoms with van der Waals surface area (Å²) in [6.07, 6.45) is 3.52. The molecule has 3 aliphatic carbocycles. The molecule has 0 aromatic carbocycles. The van der Waals surface area contributed by atoms with Crippen LogP contribution in [-0.2, 0) is 0 Å². The lowest BCUT2D eigenvalue weighted by molar-refractivity contribution is -0.180. The molecule has 0 unspecified atom stereocenters. The Bertz CT molecular complexity index is 219. The highest BCUT2D eigenvalue weighted by Gasteiger charge is 2.77. The summed E-state index contributed by atoms with van der Waals surface area (Å²) >= 11 is 0. The van der Waals surface area contributed by atoms with Gasteiger partial charge in [-0.05, 0) is 10.8 Å². The Morgan fingerprint density at radius 2 is 1.64 bits per heavy atom. The molecule has 0 atom stereocenters. The molecule has 0 N–H and O–H groups in total. The second kappa shape index (κ2) is 1.48. The van der Waals surface area contributed by atoms with Gasteiger partial charge in [-0.15, -0.1) is 0 Å². The number of hydrogen-bond donors (Lipinski definition) is 0. The third-order valence-corrected chi connectivity index (χ3v) is 3.83. The van der Waals surface area contributed by atoms with Crippen LogP contribution < -0.4 is 0 Å². The van der Waals surface area contributed by atoms with Crippen LogP contribution >= 0.6 is 0 Å². The average Bonchev–Trinajstić information content (AvgIpc) is 1.53. The van der Waals surface area contributed by atoms with Crippen molar-refractivity contribution >= 4 is 0 Å². The van der Waals surface area contributed by atoms with Crippen LogP contribution in [0.5, 0.6) is 0 Å². The predicted molar refractivity (Wildman–Crippen MR) is 45.1 cm³/mol. The number of rotatable bonds is 0. The molecule has 11 heavy (non-hydrogen) atoms. The SMILES string of the molecule is [C-]#[N+]C12CC(C(C)(C)C)(C1)C2. The molecule has 3 rings (SSSR count). The van der Waals surface area contributed by atoms with Gasteiger partial charge in [-0.25, -0.2) is 6.57 Å². The van der Waals surface area contributed by atoms with Crippen LogP contribution in [0.2, 0.25) is 0 Å². The molecule has 1 heteroatoms. The maximum Gasteiger partial charge on any atom is 0.234 e. The van der Waals surface area contributed by atoms with Crippen LogP contribution in [0.25, 0.3) is 4.85 Å². The Balaban J connectivity index is 2.12. The van der Waals surface area contributed by atoms with E-state index in [2.05, 4.69) is 25.6 Å². The highest BCUT2D eigenvalue weighted by Crippen LogP contribution is 2.75. The minimum Gasteiger partial charge on any atom is -0.310 e. The fourth-order valence-corrected chi connectivity index (χ4v) is 2.65. The molecular weight excluding hydrogens is 134 g/mol. The first-order valence-corrected chi connectivity index (χ1v) is 4.32. The fraction of sp³-hybridized carbons (Fsp3) is 0.900. The Labute approximate surface area is 68.6 Å². The van der Waals surface area contributed by atoms with Crippen molar-refractivity contribution in [1.82, 2.24) is 0 Å². The molecule has 0 heterocycles. The first kappa shape index (κ1) is 7.16. The monoisotopic (exact) mass is 149 g/mol. The fourth-order valence-electron chi connectivity index (χ4n) is 2.65. The van der Waals surface area contributed by atoms with Crippen molar-refractivity contribution in [3.63, 3.8) is 0 Å². The Hall–Kier alpha value is -0.510. The summed E-state index contributed by atoms with van der Waals surface area (Å²) in [4.78, 5) is 3.70. The molecule has 1 nitrogen and oxygen atoms in total. The van der Waals surface area contributed by atoms with Crippen LogP contribution in [0.1, 0.15) is 40.0 Å². The van der Waals surface area contributed by atoms with Gasteiger partial charge in [-0.1, -0.05) is 20.8 Å². The standard InChI is InChI=1S/C10H15N/c1-8(2,3)9-5-10(6-9,7-9)11-4/h5-7H2,1-3H3. The van der Waals surface area contributed by atoms with Crippen LogP contribution in [0.3, 0.4) is 0 Å². The molecule has 3 saturated carbocycles. The van der Waals surface area contributed by atoms with Crippen molar-refractivity contribution in [1.29, 1.82) is 0 Å². The lowest BCUT2D eigenvalue weighted by Gasteiger charge is -2.68. The molecule has 0 radical (unpaired) electrons. The summed E-state index contributed by atoms with van der Waals surface area (Å²) in [7, 11) is 0. The molecule has 0 aliphatic heterocycles. The van der Waals surface area contributed by atoms with Gasteiger partial charge in [-0.3, -0.25) is 0 Å². The van der Waals surface area contributed by atoms with E-state index in [0.717, 1.165) is 0 Å². The zero-order valence-electron chi connectivity index (χ0n) is 7.57. The Morgan fingerprint density at radius 1 is 1.18 bits per heavy atom. The van der Waals surface area contributed by atoms with E-state index < -0.39 is 0 Å². The first-order chi connectivity index (χ1) is 4.93. The van der Waals surface area contributed by atoms with E-state index in [1.54, 1.807) is 0 Å². The van der Waals surface area contributed by atoms with E-state index >= 15 is 0 Å². The summed E-state index contributed by atoms with van der Waals surface area (Å²) in [6, 6.07) is 0. The van der Waals surface area contributed by atoms with Crippen LogP contribution in [0, 0.1) is 17.4 Å². The lowest BCUT2D eigenvalue weighted by atomic mass is 9.33. The number of hydrogen-bond acceptors (Lipinski definition) is 0. The van der Waals surface area contributed by atoms with E-state index in [4.69, 9.17) is 6.57 Å². The van der Waals surface area contributed by atoms with Crippen LogP contribution in [0.15, 0.2) is 0 Å². The largest absolute Gasteiger partial charge is 0.310 e. The third kappa shape index (κ3) is 0.612. The normalized spacial score (nSPS) is 47.1. The number of nitrogens with zero attached hydrogens (tertiary/aromatic N) is 1.